The van der Waals surface area contributed by atoms with Gasteiger partial charge in [-0.2, -0.15) is 0 Å². The maximum absolute atomic E-state index is 14.7. The molecule has 3 N–H and O–H groups in total. The third kappa shape index (κ3) is 8.66. The number of nitrogens with one attached hydrogen (secondary N) is 3. The Hall–Kier alpha value is -4.58. The van der Waals surface area contributed by atoms with E-state index in [1.54, 1.807) is 37.1 Å². The standard InChI is InChI=1S/C39H49FN6O9S2/c1-38(2,3)55-37(51)42-28-11-9-7-5-6-8-10-24-17-39(24,36(50)44-57(52,53)25-13-14-25)43-32(47)31-26-20-45(18-23(26)19-46(31)34(28)48)35(49)33-41-29(21-56-33)22-12-15-30(54-4)27(40)16-22/h8,10,12,15-16,21,23-26,28,31H,5-7,9,11,13-14,17-20H2,1-4H3,(H,42,51)(H,43,47)(H,44,50)/b10-8-/t23-,24-,26-,28-,31-,39+/m0/s1. The van der Waals surface area contributed by atoms with E-state index < -0.39 is 80.0 Å². The van der Waals surface area contributed by atoms with Crippen LogP contribution in [0.3, 0.4) is 0 Å². The first-order valence-electron chi connectivity index (χ1n) is 19.4. The molecule has 2 aliphatic carbocycles. The van der Waals surface area contributed by atoms with Gasteiger partial charge in [-0.05, 0) is 77.5 Å². The molecule has 1 aromatic heterocycles. The molecular weight excluding hydrogens is 780 g/mol. The highest BCUT2D eigenvalue weighted by Gasteiger charge is 2.63. The van der Waals surface area contributed by atoms with Crippen LogP contribution in [0.15, 0.2) is 35.7 Å². The van der Waals surface area contributed by atoms with Gasteiger partial charge in [-0.25, -0.2) is 22.6 Å². The number of allylic oxidation sites excluding steroid dienone is 1. The number of carbonyl (C=O) groups is 5. The van der Waals surface area contributed by atoms with Crippen LogP contribution in [0.5, 0.6) is 5.75 Å². The van der Waals surface area contributed by atoms with Gasteiger partial charge in [0.2, 0.25) is 21.8 Å². The molecule has 5 aliphatic rings. The summed E-state index contributed by atoms with van der Waals surface area (Å²) in [5, 5.41) is 6.80. The second-order valence-corrected chi connectivity index (χ2v) is 19.5. The molecule has 7 rings (SSSR count). The molecule has 308 valence electrons. The Bertz CT molecular complexity index is 2080. The summed E-state index contributed by atoms with van der Waals surface area (Å²) in [4.78, 5) is 77.4. The van der Waals surface area contributed by atoms with Crippen molar-refractivity contribution in [2.24, 2.45) is 17.8 Å². The fraction of sp³-hybridized carbons (Fsp3) is 0.590. The highest BCUT2D eigenvalue weighted by atomic mass is 32.2. The second kappa shape index (κ2) is 15.6. The normalized spacial score (nSPS) is 28.5. The largest absolute Gasteiger partial charge is 0.494 e. The predicted molar refractivity (Wildman–Crippen MR) is 207 cm³/mol. The van der Waals surface area contributed by atoms with Gasteiger partial charge in [0.15, 0.2) is 16.6 Å². The molecule has 15 nitrogen and oxygen atoms in total. The third-order valence-corrected chi connectivity index (χ3v) is 14.0. The zero-order chi connectivity index (χ0) is 40.9. The minimum absolute atomic E-state index is 0.0779. The number of amides is 5. The molecule has 18 heteroatoms. The maximum atomic E-state index is 14.7. The number of benzene rings is 1. The smallest absolute Gasteiger partial charge is 0.408 e. The Kier molecular flexibility index (Phi) is 11.1. The molecule has 3 aliphatic heterocycles. The number of likely N-dealkylation sites (tertiary alicyclic amines) is 1. The molecule has 0 bridgehead atoms. The first-order chi connectivity index (χ1) is 27.0. The molecule has 4 fully saturated rings. The van der Waals surface area contributed by atoms with E-state index in [1.807, 2.05) is 12.2 Å². The van der Waals surface area contributed by atoms with Crippen molar-refractivity contribution in [2.45, 2.75) is 101 Å². The lowest BCUT2D eigenvalue weighted by atomic mass is 9.93. The SMILES string of the molecule is COc1ccc(-c2csc(C(=O)N3C[C@H]4CN5C(=O)[C@@H](NC(=O)OC(C)(C)C)CCCCC/C=C\[C@H]6C[C@@]6(C(=O)NS(=O)(=O)C6CC6)NC(=O)[C@@H]5[C@H]4C3)n2)cc1F. The molecule has 0 unspecified atom stereocenters. The molecule has 0 radical (unpaired) electrons. The van der Waals surface area contributed by atoms with Crippen molar-refractivity contribution in [1.29, 1.82) is 0 Å². The molecule has 5 amide bonds. The summed E-state index contributed by atoms with van der Waals surface area (Å²) in [5.41, 5.74) is -1.50. The summed E-state index contributed by atoms with van der Waals surface area (Å²) in [7, 11) is -2.57. The summed E-state index contributed by atoms with van der Waals surface area (Å²) < 4.78 is 53.0. The minimum atomic E-state index is -3.93. The van der Waals surface area contributed by atoms with Gasteiger partial charge in [0.25, 0.3) is 11.8 Å². The zero-order valence-electron chi connectivity index (χ0n) is 32.4. The topological polar surface area (TPSA) is 193 Å². The average Bonchev–Trinajstić information content (AvgIpc) is 3.96. The number of ether oxygens (including phenoxy) is 2. The fourth-order valence-corrected chi connectivity index (χ4v) is 10.3. The minimum Gasteiger partial charge on any atom is -0.494 e. The van der Waals surface area contributed by atoms with Crippen molar-refractivity contribution in [3.05, 3.63) is 46.6 Å². The van der Waals surface area contributed by atoms with E-state index in [9.17, 15) is 36.8 Å². The summed E-state index contributed by atoms with van der Waals surface area (Å²) in [6.07, 6.45) is 7.16. The number of thiazole rings is 1. The number of rotatable bonds is 7. The lowest BCUT2D eigenvalue weighted by Gasteiger charge is -2.33. The van der Waals surface area contributed by atoms with Crippen molar-refractivity contribution in [3.8, 4) is 17.0 Å². The van der Waals surface area contributed by atoms with Crippen molar-refractivity contribution in [2.75, 3.05) is 26.7 Å². The molecule has 4 heterocycles. The molecule has 2 saturated heterocycles. The van der Waals surface area contributed by atoms with Crippen molar-refractivity contribution < 1.29 is 46.3 Å². The molecule has 2 saturated carbocycles. The van der Waals surface area contributed by atoms with Crippen molar-refractivity contribution >= 4 is 51.1 Å². The lowest BCUT2D eigenvalue weighted by Crippen LogP contribution is -2.60. The highest BCUT2D eigenvalue weighted by Crippen LogP contribution is 2.47. The van der Waals surface area contributed by atoms with Gasteiger partial charge in [0.1, 0.15) is 23.2 Å². The van der Waals surface area contributed by atoms with E-state index in [4.69, 9.17) is 9.47 Å². The van der Waals surface area contributed by atoms with E-state index in [-0.39, 0.29) is 48.6 Å². The number of hydrogen-bond donors (Lipinski definition) is 3. The first kappa shape index (κ1) is 40.6. The van der Waals surface area contributed by atoms with E-state index in [0.717, 1.165) is 24.2 Å². The van der Waals surface area contributed by atoms with E-state index in [0.29, 0.717) is 43.4 Å². The second-order valence-electron chi connectivity index (χ2n) is 16.7. The number of methoxy groups -OCH3 is 1. The number of hydrogen-bond acceptors (Lipinski definition) is 11. The van der Waals surface area contributed by atoms with Crippen molar-refractivity contribution in [1.82, 2.24) is 30.1 Å². The quantitative estimate of drug-likeness (QED) is 0.347. The Labute approximate surface area is 335 Å². The van der Waals surface area contributed by atoms with Crippen LogP contribution < -0.4 is 20.1 Å². The predicted octanol–water partition coefficient (Wildman–Crippen LogP) is 3.75. The van der Waals surface area contributed by atoms with Crippen LogP contribution in [0.2, 0.25) is 0 Å². The van der Waals surface area contributed by atoms with Gasteiger partial charge in [0.05, 0.1) is 18.1 Å². The Morgan fingerprint density at radius 2 is 1.84 bits per heavy atom. The molecule has 1 aromatic carbocycles. The number of aromatic nitrogens is 1. The van der Waals surface area contributed by atoms with Gasteiger partial charge < -0.3 is 29.9 Å². The van der Waals surface area contributed by atoms with Crippen LogP contribution in [0.4, 0.5) is 9.18 Å². The van der Waals surface area contributed by atoms with E-state index in [2.05, 4.69) is 20.3 Å². The summed E-state index contributed by atoms with van der Waals surface area (Å²) in [5.74, 6) is -4.21. The van der Waals surface area contributed by atoms with Crippen molar-refractivity contribution in [3.63, 3.8) is 0 Å². The Morgan fingerprint density at radius 1 is 1.07 bits per heavy atom. The molecular formula is C39H49FN6O9S2. The number of sulfonamides is 1. The highest BCUT2D eigenvalue weighted by molar-refractivity contribution is 7.91. The summed E-state index contributed by atoms with van der Waals surface area (Å²) in [6.45, 7) is 5.51. The average molecular weight is 829 g/mol. The molecule has 2 aromatic rings. The van der Waals surface area contributed by atoms with E-state index in [1.165, 1.54) is 24.1 Å². The monoisotopic (exact) mass is 828 g/mol. The Balaban J connectivity index is 1.16. The van der Waals surface area contributed by atoms with Gasteiger partial charge in [-0.3, -0.25) is 23.9 Å². The lowest BCUT2D eigenvalue weighted by molar-refractivity contribution is -0.142. The first-order valence-corrected chi connectivity index (χ1v) is 21.9. The Morgan fingerprint density at radius 3 is 2.54 bits per heavy atom. The third-order valence-electron chi connectivity index (χ3n) is 11.3. The van der Waals surface area contributed by atoms with Crippen LogP contribution in [-0.4, -0.2) is 108 Å². The van der Waals surface area contributed by atoms with Crippen LogP contribution in [0.1, 0.15) is 81.9 Å². The molecule has 57 heavy (non-hydrogen) atoms. The maximum Gasteiger partial charge on any atom is 0.408 e. The number of nitrogens with zero attached hydrogens (tertiary/aromatic N) is 3. The summed E-state index contributed by atoms with van der Waals surface area (Å²) in [6, 6.07) is 2.23. The number of fused-ring (bicyclic) bond motifs is 4. The van der Waals surface area contributed by atoms with Gasteiger partial charge >= 0.3 is 6.09 Å². The van der Waals surface area contributed by atoms with Crippen LogP contribution >= 0.6 is 11.3 Å². The van der Waals surface area contributed by atoms with Gasteiger partial charge in [0, 0.05) is 48.3 Å². The van der Waals surface area contributed by atoms with Crippen LogP contribution in [0, 0.1) is 23.6 Å². The van der Waals surface area contributed by atoms with Gasteiger partial charge in [-0.15, -0.1) is 11.3 Å². The van der Waals surface area contributed by atoms with Crippen LogP contribution in [0.25, 0.3) is 11.3 Å². The number of carbonyl (C=O) groups excluding carboxylic acids is 5. The molecule has 6 atom stereocenters. The summed E-state index contributed by atoms with van der Waals surface area (Å²) >= 11 is 1.10. The number of halogens is 1. The van der Waals surface area contributed by atoms with Gasteiger partial charge in [-0.1, -0.05) is 25.0 Å². The van der Waals surface area contributed by atoms with Crippen LogP contribution in [-0.2, 0) is 29.1 Å². The zero-order valence-corrected chi connectivity index (χ0v) is 34.0. The van der Waals surface area contributed by atoms with E-state index >= 15 is 0 Å². The number of alkyl carbamates (subject to hydrolysis) is 1. The molecule has 0 spiro atoms. The fourth-order valence-electron chi connectivity index (χ4n) is 8.15.